The molecule has 5 rings (SSSR count). The Morgan fingerprint density at radius 1 is 0.912 bits per heavy atom. The van der Waals surface area contributed by atoms with Crippen LogP contribution in [0.25, 0.3) is 16.7 Å². The molecule has 2 aromatic heterocycles. The van der Waals surface area contributed by atoms with Gasteiger partial charge in [-0.25, -0.2) is 0 Å². The fraction of sp³-hybridized carbons (Fsp3) is 0.185. The van der Waals surface area contributed by atoms with E-state index >= 15 is 0 Å². The summed E-state index contributed by atoms with van der Waals surface area (Å²) in [6.45, 7) is 2.36. The number of carbonyl (C=O) groups is 1. The van der Waals surface area contributed by atoms with Crippen LogP contribution in [0.3, 0.4) is 0 Å². The van der Waals surface area contributed by atoms with Gasteiger partial charge in [-0.2, -0.15) is 0 Å². The Hall–Kier alpha value is -4.26. The van der Waals surface area contributed by atoms with Crippen molar-refractivity contribution in [3.8, 4) is 0 Å². The zero-order valence-corrected chi connectivity index (χ0v) is 18.9. The number of fused-ring (bicyclic) bond motifs is 3. The topological polar surface area (TPSA) is 81.3 Å². The molecule has 170 valence electrons. The molecule has 0 aliphatic carbocycles. The van der Waals surface area contributed by atoms with E-state index in [9.17, 15) is 9.59 Å². The Morgan fingerprint density at radius 3 is 2.35 bits per heavy atom. The molecule has 3 aromatic carbocycles. The number of amides is 1. The van der Waals surface area contributed by atoms with Crippen LogP contribution in [-0.4, -0.2) is 25.1 Å². The van der Waals surface area contributed by atoms with E-state index in [-0.39, 0.29) is 23.9 Å². The lowest BCUT2D eigenvalue weighted by molar-refractivity contribution is -0.121. The molecule has 0 saturated heterocycles. The second-order valence-electron chi connectivity index (χ2n) is 8.35. The number of aryl methyl sites for hydroxylation is 1. The Kier molecular flexibility index (Phi) is 5.91. The minimum absolute atomic E-state index is 0.0602. The molecular formula is C27H25N5O2. The summed E-state index contributed by atoms with van der Waals surface area (Å²) < 4.78 is 3.54. The van der Waals surface area contributed by atoms with Gasteiger partial charge in [0.15, 0.2) is 0 Å². The van der Waals surface area contributed by atoms with Crippen LogP contribution in [0.2, 0.25) is 0 Å². The van der Waals surface area contributed by atoms with Crippen LogP contribution in [0.5, 0.6) is 0 Å². The summed E-state index contributed by atoms with van der Waals surface area (Å²) in [5.41, 5.74) is 2.69. The van der Waals surface area contributed by atoms with E-state index in [0.717, 1.165) is 16.6 Å². The average Bonchev–Trinajstić information content (AvgIpc) is 3.30. The molecule has 1 amide bonds. The normalized spacial score (nSPS) is 12.1. The molecule has 5 aromatic rings. The maximum Gasteiger partial charge on any atom is 0.263 e. The highest BCUT2D eigenvalue weighted by Gasteiger charge is 2.18. The number of aromatic nitrogens is 4. The largest absolute Gasteiger partial charge is 0.350 e. The maximum absolute atomic E-state index is 13.3. The summed E-state index contributed by atoms with van der Waals surface area (Å²) in [4.78, 5) is 26.0. The number of nitrogens with zero attached hydrogens (tertiary/aromatic N) is 4. The summed E-state index contributed by atoms with van der Waals surface area (Å²) >= 11 is 0. The highest BCUT2D eigenvalue weighted by molar-refractivity contribution is 5.80. The first-order chi connectivity index (χ1) is 16.6. The fourth-order valence-electron chi connectivity index (χ4n) is 4.25. The van der Waals surface area contributed by atoms with E-state index in [1.54, 1.807) is 4.57 Å². The van der Waals surface area contributed by atoms with Crippen LogP contribution < -0.4 is 10.9 Å². The molecule has 0 aliphatic rings. The lowest BCUT2D eigenvalue weighted by Crippen LogP contribution is -2.27. The molecule has 0 bridgehead atoms. The third-order valence-corrected chi connectivity index (χ3v) is 6.01. The van der Waals surface area contributed by atoms with E-state index in [0.29, 0.717) is 30.0 Å². The van der Waals surface area contributed by atoms with Crippen molar-refractivity contribution in [2.24, 2.45) is 0 Å². The number of benzene rings is 3. The van der Waals surface area contributed by atoms with Crippen LogP contribution >= 0.6 is 0 Å². The van der Waals surface area contributed by atoms with E-state index in [2.05, 4.69) is 15.5 Å². The smallest absolute Gasteiger partial charge is 0.263 e. The summed E-state index contributed by atoms with van der Waals surface area (Å²) in [7, 11) is 0. The number of nitrogens with one attached hydrogen (secondary N) is 1. The molecule has 34 heavy (non-hydrogen) atoms. The third-order valence-electron chi connectivity index (χ3n) is 6.01. The van der Waals surface area contributed by atoms with Crippen LogP contribution in [-0.2, 0) is 17.8 Å². The number of rotatable bonds is 7. The summed E-state index contributed by atoms with van der Waals surface area (Å²) in [5.74, 6) is 1.06. The second kappa shape index (κ2) is 9.31. The molecular weight excluding hydrogens is 426 g/mol. The molecule has 0 unspecified atom stereocenters. The van der Waals surface area contributed by atoms with Gasteiger partial charge in [-0.3, -0.25) is 18.6 Å². The van der Waals surface area contributed by atoms with Crippen molar-refractivity contribution in [3.63, 3.8) is 0 Å². The SMILES string of the molecule is C[C@@H](NC(=O)CCc1nnc2n(Cc3ccccc3)c(=O)c3ccccc3n12)c1ccccc1. The van der Waals surface area contributed by atoms with E-state index < -0.39 is 0 Å². The van der Waals surface area contributed by atoms with Crippen molar-refractivity contribution < 1.29 is 4.79 Å². The van der Waals surface area contributed by atoms with E-state index in [4.69, 9.17) is 0 Å². The lowest BCUT2D eigenvalue weighted by Gasteiger charge is -2.14. The standard InChI is InChI=1S/C27H25N5O2/c1-19(21-12-6-3-7-13-21)28-25(33)17-16-24-29-30-27-31(18-20-10-4-2-5-11-20)26(34)22-14-8-9-15-23(22)32(24)27/h2-15,19H,16-18H2,1H3,(H,28,33)/t19-/m1/s1. The Labute approximate surface area is 196 Å². The van der Waals surface area contributed by atoms with Gasteiger partial charge in [0.05, 0.1) is 23.5 Å². The first-order valence-corrected chi connectivity index (χ1v) is 11.4. The van der Waals surface area contributed by atoms with Gasteiger partial charge < -0.3 is 5.32 Å². The van der Waals surface area contributed by atoms with Gasteiger partial charge >= 0.3 is 0 Å². The molecule has 0 fully saturated rings. The molecule has 0 spiro atoms. The molecule has 1 N–H and O–H groups in total. The third kappa shape index (κ3) is 4.20. The van der Waals surface area contributed by atoms with Crippen LogP contribution in [0.15, 0.2) is 89.7 Å². The molecule has 2 heterocycles. The fourth-order valence-corrected chi connectivity index (χ4v) is 4.25. The number of carbonyl (C=O) groups excluding carboxylic acids is 1. The van der Waals surface area contributed by atoms with Gasteiger partial charge in [-0.05, 0) is 30.2 Å². The highest BCUT2D eigenvalue weighted by Crippen LogP contribution is 2.17. The number of hydrogen-bond donors (Lipinski definition) is 1. The van der Waals surface area contributed by atoms with Gasteiger partial charge in [0.25, 0.3) is 5.56 Å². The lowest BCUT2D eigenvalue weighted by atomic mass is 10.1. The number of para-hydroxylation sites is 1. The molecule has 0 aliphatic heterocycles. The highest BCUT2D eigenvalue weighted by atomic mass is 16.1. The first kappa shape index (κ1) is 21.6. The Balaban J connectivity index is 1.46. The predicted octanol–water partition coefficient (Wildman–Crippen LogP) is 3.90. The zero-order valence-electron chi connectivity index (χ0n) is 18.9. The zero-order chi connectivity index (χ0) is 23.5. The van der Waals surface area contributed by atoms with Gasteiger partial charge in [-0.15, -0.1) is 10.2 Å². The van der Waals surface area contributed by atoms with Gasteiger partial charge in [0.2, 0.25) is 11.7 Å². The maximum atomic E-state index is 13.3. The van der Waals surface area contributed by atoms with Crippen molar-refractivity contribution in [1.29, 1.82) is 0 Å². The van der Waals surface area contributed by atoms with Crippen LogP contribution in [0.4, 0.5) is 0 Å². The van der Waals surface area contributed by atoms with Gasteiger partial charge in [0, 0.05) is 12.8 Å². The Morgan fingerprint density at radius 2 is 1.59 bits per heavy atom. The van der Waals surface area contributed by atoms with Crippen molar-refractivity contribution >= 4 is 22.6 Å². The van der Waals surface area contributed by atoms with Crippen molar-refractivity contribution in [1.82, 2.24) is 24.5 Å². The predicted molar refractivity (Wildman–Crippen MR) is 132 cm³/mol. The van der Waals surface area contributed by atoms with Crippen molar-refractivity contribution in [2.45, 2.75) is 32.4 Å². The summed E-state index contributed by atoms with van der Waals surface area (Å²) in [6.07, 6.45) is 0.673. The molecule has 7 heteroatoms. The van der Waals surface area contributed by atoms with Gasteiger partial charge in [-0.1, -0.05) is 72.8 Å². The van der Waals surface area contributed by atoms with Gasteiger partial charge in [0.1, 0.15) is 5.82 Å². The summed E-state index contributed by atoms with van der Waals surface area (Å²) in [6, 6.07) is 27.0. The van der Waals surface area contributed by atoms with Crippen molar-refractivity contribution in [3.05, 3.63) is 112 Å². The van der Waals surface area contributed by atoms with E-state index in [1.165, 1.54) is 0 Å². The number of hydrogen-bond acceptors (Lipinski definition) is 4. The second-order valence-corrected chi connectivity index (χ2v) is 8.35. The molecule has 0 saturated carbocycles. The molecule has 1 atom stereocenters. The average molecular weight is 452 g/mol. The first-order valence-electron chi connectivity index (χ1n) is 11.4. The van der Waals surface area contributed by atoms with E-state index in [1.807, 2.05) is 96.3 Å². The molecule has 7 nitrogen and oxygen atoms in total. The van der Waals surface area contributed by atoms with Crippen molar-refractivity contribution in [2.75, 3.05) is 0 Å². The minimum Gasteiger partial charge on any atom is -0.350 e. The summed E-state index contributed by atoms with van der Waals surface area (Å²) in [5, 5.41) is 12.4. The quantitative estimate of drug-likeness (QED) is 0.407. The Bertz CT molecular complexity index is 1510. The van der Waals surface area contributed by atoms with Crippen LogP contribution in [0, 0.1) is 0 Å². The van der Waals surface area contributed by atoms with Crippen LogP contribution in [0.1, 0.15) is 36.3 Å². The minimum atomic E-state index is -0.111. The molecule has 0 radical (unpaired) electrons. The monoisotopic (exact) mass is 451 g/mol.